The summed E-state index contributed by atoms with van der Waals surface area (Å²) in [5.74, 6) is -1.19. The molecular formula is C22H28N2O5S. The second kappa shape index (κ2) is 10.4. The molecule has 0 saturated carbocycles. The van der Waals surface area contributed by atoms with E-state index in [1.54, 1.807) is 26.8 Å². The second-order valence-corrected chi connectivity index (χ2v) is 8.73. The van der Waals surface area contributed by atoms with Crippen molar-refractivity contribution in [2.45, 2.75) is 45.2 Å². The average molecular weight is 433 g/mol. The highest BCUT2D eigenvalue weighted by Crippen LogP contribution is 2.22. The highest BCUT2D eigenvalue weighted by molar-refractivity contribution is 7.89. The molecule has 2 aromatic carbocycles. The van der Waals surface area contributed by atoms with E-state index in [0.717, 1.165) is 5.56 Å². The molecule has 2 aromatic rings. The van der Waals surface area contributed by atoms with Crippen LogP contribution in [0.5, 0.6) is 0 Å². The van der Waals surface area contributed by atoms with Crippen LogP contribution in [0.4, 0.5) is 0 Å². The van der Waals surface area contributed by atoms with E-state index in [0.29, 0.717) is 25.2 Å². The Morgan fingerprint density at radius 3 is 2.30 bits per heavy atom. The molecule has 7 nitrogen and oxygen atoms in total. The molecule has 2 rings (SSSR count). The fourth-order valence-electron chi connectivity index (χ4n) is 2.92. The summed E-state index contributed by atoms with van der Waals surface area (Å²) in [5.41, 5.74) is 1.54. The van der Waals surface area contributed by atoms with Gasteiger partial charge in [0.1, 0.15) is 0 Å². The highest BCUT2D eigenvalue weighted by Gasteiger charge is 2.26. The summed E-state index contributed by atoms with van der Waals surface area (Å²) in [5, 5.41) is 2.71. The molecule has 1 amide bonds. The van der Waals surface area contributed by atoms with Crippen molar-refractivity contribution < 1.29 is 22.7 Å². The minimum atomic E-state index is -3.73. The van der Waals surface area contributed by atoms with Crippen molar-refractivity contribution in [3.05, 3.63) is 65.2 Å². The van der Waals surface area contributed by atoms with Gasteiger partial charge in [0.05, 0.1) is 10.5 Å². The van der Waals surface area contributed by atoms with Crippen LogP contribution in [0, 0.1) is 6.92 Å². The predicted molar refractivity (Wildman–Crippen MR) is 114 cm³/mol. The van der Waals surface area contributed by atoms with Crippen molar-refractivity contribution in [1.29, 1.82) is 0 Å². The number of aryl methyl sites for hydroxylation is 1. The molecule has 0 aromatic heterocycles. The van der Waals surface area contributed by atoms with E-state index in [4.69, 9.17) is 4.74 Å². The average Bonchev–Trinajstić information content (AvgIpc) is 2.73. The van der Waals surface area contributed by atoms with Gasteiger partial charge in [0, 0.05) is 19.6 Å². The van der Waals surface area contributed by atoms with Gasteiger partial charge in [0.15, 0.2) is 6.10 Å². The molecule has 0 saturated heterocycles. The van der Waals surface area contributed by atoms with E-state index < -0.39 is 28.0 Å². The lowest BCUT2D eigenvalue weighted by Crippen LogP contribution is -2.35. The molecule has 0 fully saturated rings. The van der Waals surface area contributed by atoms with Crippen LogP contribution in [0.1, 0.15) is 42.3 Å². The summed E-state index contributed by atoms with van der Waals surface area (Å²) in [4.78, 5) is 24.8. The van der Waals surface area contributed by atoms with Gasteiger partial charge >= 0.3 is 5.97 Å². The lowest BCUT2D eigenvalue weighted by molar-refractivity contribution is -0.129. The number of hydrogen-bond donors (Lipinski definition) is 1. The number of esters is 1. The van der Waals surface area contributed by atoms with Crippen molar-refractivity contribution in [2.24, 2.45) is 0 Å². The van der Waals surface area contributed by atoms with Crippen LogP contribution in [0.3, 0.4) is 0 Å². The standard InChI is InChI=1S/C22H28N2O5S/c1-5-24(6-2)30(27,28)20-14-19(13-12-16(20)3)22(26)29-17(4)21(25)23-15-18-10-8-7-9-11-18/h7-14,17H,5-6,15H2,1-4H3,(H,23,25). The lowest BCUT2D eigenvalue weighted by Gasteiger charge is -2.20. The van der Waals surface area contributed by atoms with Crippen LogP contribution in [-0.4, -0.2) is 43.8 Å². The zero-order valence-corrected chi connectivity index (χ0v) is 18.5. The predicted octanol–water partition coefficient (Wildman–Crippen LogP) is 2.89. The number of rotatable bonds is 9. The molecule has 0 bridgehead atoms. The van der Waals surface area contributed by atoms with E-state index >= 15 is 0 Å². The molecule has 0 heterocycles. The topological polar surface area (TPSA) is 92.8 Å². The first-order valence-corrected chi connectivity index (χ1v) is 11.3. The van der Waals surface area contributed by atoms with Crippen molar-refractivity contribution in [1.82, 2.24) is 9.62 Å². The smallest absolute Gasteiger partial charge is 0.338 e. The van der Waals surface area contributed by atoms with Gasteiger partial charge in [-0.2, -0.15) is 4.31 Å². The van der Waals surface area contributed by atoms with Gasteiger partial charge < -0.3 is 10.1 Å². The number of amides is 1. The van der Waals surface area contributed by atoms with E-state index in [9.17, 15) is 18.0 Å². The fourth-order valence-corrected chi connectivity index (χ4v) is 4.63. The first-order chi connectivity index (χ1) is 14.2. The third-order valence-corrected chi connectivity index (χ3v) is 6.90. The van der Waals surface area contributed by atoms with E-state index in [1.165, 1.54) is 23.4 Å². The number of hydrogen-bond acceptors (Lipinski definition) is 5. The minimum absolute atomic E-state index is 0.0573. The fraction of sp³-hybridized carbons (Fsp3) is 0.364. The molecule has 8 heteroatoms. The van der Waals surface area contributed by atoms with Gasteiger partial charge in [-0.05, 0) is 37.1 Å². The summed E-state index contributed by atoms with van der Waals surface area (Å²) in [6, 6.07) is 13.7. The van der Waals surface area contributed by atoms with Gasteiger partial charge in [-0.15, -0.1) is 0 Å². The van der Waals surface area contributed by atoms with Gasteiger partial charge in [0.25, 0.3) is 5.91 Å². The van der Waals surface area contributed by atoms with Crippen molar-refractivity contribution >= 4 is 21.9 Å². The van der Waals surface area contributed by atoms with Gasteiger partial charge in [0.2, 0.25) is 10.0 Å². The summed E-state index contributed by atoms with van der Waals surface area (Å²) in [6.45, 7) is 7.62. The number of nitrogens with zero attached hydrogens (tertiary/aromatic N) is 1. The molecule has 30 heavy (non-hydrogen) atoms. The molecule has 0 aliphatic rings. The number of benzene rings is 2. The minimum Gasteiger partial charge on any atom is -0.449 e. The zero-order chi connectivity index (χ0) is 22.3. The number of ether oxygens (including phenoxy) is 1. The quantitative estimate of drug-likeness (QED) is 0.615. The Labute approximate surface area is 178 Å². The first-order valence-electron chi connectivity index (χ1n) is 9.84. The first kappa shape index (κ1) is 23.6. The van der Waals surface area contributed by atoms with Crippen LogP contribution in [-0.2, 0) is 26.1 Å². The normalized spacial score (nSPS) is 12.4. The molecule has 162 valence electrons. The second-order valence-electron chi connectivity index (χ2n) is 6.82. The van der Waals surface area contributed by atoms with Crippen molar-refractivity contribution in [3.8, 4) is 0 Å². The third-order valence-electron chi connectivity index (χ3n) is 4.71. The summed E-state index contributed by atoms with van der Waals surface area (Å²) in [7, 11) is -3.73. The third kappa shape index (κ3) is 5.67. The Kier molecular flexibility index (Phi) is 8.14. The van der Waals surface area contributed by atoms with E-state index in [1.807, 2.05) is 30.3 Å². The van der Waals surface area contributed by atoms with Gasteiger partial charge in [-0.1, -0.05) is 50.2 Å². The van der Waals surface area contributed by atoms with Crippen LogP contribution >= 0.6 is 0 Å². The van der Waals surface area contributed by atoms with E-state index in [-0.39, 0.29) is 10.5 Å². The van der Waals surface area contributed by atoms with Crippen LogP contribution in [0.25, 0.3) is 0 Å². The molecule has 0 spiro atoms. The van der Waals surface area contributed by atoms with Gasteiger partial charge in [-0.25, -0.2) is 13.2 Å². The van der Waals surface area contributed by atoms with E-state index in [2.05, 4.69) is 5.32 Å². The Bertz CT molecular complexity index is 986. The summed E-state index contributed by atoms with van der Waals surface area (Å²) in [6.07, 6.45) is -1.02. The maximum atomic E-state index is 12.9. The molecule has 1 unspecified atom stereocenters. The van der Waals surface area contributed by atoms with Crippen molar-refractivity contribution in [3.63, 3.8) is 0 Å². The SMILES string of the molecule is CCN(CC)S(=O)(=O)c1cc(C(=O)OC(C)C(=O)NCc2ccccc2)ccc1C. The molecule has 0 aliphatic heterocycles. The Morgan fingerprint density at radius 1 is 1.07 bits per heavy atom. The molecule has 0 aliphatic carbocycles. The molecule has 1 atom stereocenters. The molecular weight excluding hydrogens is 404 g/mol. The van der Waals surface area contributed by atoms with Crippen LogP contribution in [0.15, 0.2) is 53.4 Å². The largest absolute Gasteiger partial charge is 0.449 e. The van der Waals surface area contributed by atoms with Crippen LogP contribution in [0.2, 0.25) is 0 Å². The van der Waals surface area contributed by atoms with Crippen LogP contribution < -0.4 is 5.32 Å². The zero-order valence-electron chi connectivity index (χ0n) is 17.7. The number of sulfonamides is 1. The monoisotopic (exact) mass is 432 g/mol. The molecule has 1 N–H and O–H groups in total. The molecule has 0 radical (unpaired) electrons. The maximum Gasteiger partial charge on any atom is 0.338 e. The number of nitrogens with one attached hydrogen (secondary N) is 1. The Balaban J connectivity index is 2.10. The summed E-state index contributed by atoms with van der Waals surface area (Å²) < 4.78 is 32.3. The Hall–Kier alpha value is -2.71. The van der Waals surface area contributed by atoms with Crippen molar-refractivity contribution in [2.75, 3.05) is 13.1 Å². The highest BCUT2D eigenvalue weighted by atomic mass is 32.2. The maximum absolute atomic E-state index is 12.9. The lowest BCUT2D eigenvalue weighted by atomic mass is 10.1. The number of carbonyl (C=O) groups excluding carboxylic acids is 2. The number of carbonyl (C=O) groups is 2. The Morgan fingerprint density at radius 2 is 1.70 bits per heavy atom. The van der Waals surface area contributed by atoms with Gasteiger partial charge in [-0.3, -0.25) is 4.79 Å². The summed E-state index contributed by atoms with van der Waals surface area (Å²) >= 11 is 0.